The maximum Gasteiger partial charge on any atom is 0.147 e. The highest BCUT2D eigenvalue weighted by Crippen LogP contribution is 2.23. The van der Waals surface area contributed by atoms with Crippen LogP contribution in [0.15, 0.2) is 47.4 Å². The van der Waals surface area contributed by atoms with Gasteiger partial charge in [0.15, 0.2) is 0 Å². The van der Waals surface area contributed by atoms with E-state index in [-0.39, 0.29) is 23.0 Å². The minimum atomic E-state index is -0.518. The monoisotopic (exact) mass is 328 g/mol. The number of rotatable bonds is 5. The molecular formula is C15H11Cl2FOS. The summed E-state index contributed by atoms with van der Waals surface area (Å²) in [6.45, 7) is 0. The average Bonchev–Trinajstić information content (AvgIpc) is 2.42. The first-order chi connectivity index (χ1) is 9.56. The summed E-state index contributed by atoms with van der Waals surface area (Å²) in [5.74, 6) is -0.307. The second-order valence-electron chi connectivity index (χ2n) is 4.17. The van der Waals surface area contributed by atoms with E-state index in [1.165, 1.54) is 17.8 Å². The summed E-state index contributed by atoms with van der Waals surface area (Å²) < 4.78 is 13.7. The molecule has 5 heteroatoms. The van der Waals surface area contributed by atoms with Crippen molar-refractivity contribution in [1.82, 2.24) is 0 Å². The van der Waals surface area contributed by atoms with Gasteiger partial charge in [-0.3, -0.25) is 4.79 Å². The first-order valence-corrected chi connectivity index (χ1v) is 7.63. The molecule has 0 atom stereocenters. The van der Waals surface area contributed by atoms with Gasteiger partial charge in [0.05, 0.1) is 10.8 Å². The summed E-state index contributed by atoms with van der Waals surface area (Å²) in [6.07, 6.45) is 0.0416. The maximum atomic E-state index is 13.7. The van der Waals surface area contributed by atoms with Crippen molar-refractivity contribution in [3.8, 4) is 0 Å². The number of ketones is 1. The minimum Gasteiger partial charge on any atom is -0.298 e. The molecule has 0 bridgehead atoms. The van der Waals surface area contributed by atoms with Crippen molar-refractivity contribution >= 4 is 40.7 Å². The highest BCUT2D eigenvalue weighted by molar-refractivity contribution is 8.00. The predicted molar refractivity (Wildman–Crippen MR) is 82.3 cm³/mol. The normalized spacial score (nSPS) is 10.6. The number of Topliss-reactive ketones (excluding diaryl/α,β-unsaturated/α-hetero) is 1. The number of thioether (sulfide) groups is 1. The fourth-order valence-corrected chi connectivity index (χ4v) is 2.93. The third-order valence-electron chi connectivity index (χ3n) is 2.62. The zero-order valence-corrected chi connectivity index (χ0v) is 12.7. The quantitative estimate of drug-likeness (QED) is 0.715. The molecule has 2 rings (SSSR count). The van der Waals surface area contributed by atoms with E-state index in [4.69, 9.17) is 23.2 Å². The van der Waals surface area contributed by atoms with E-state index >= 15 is 0 Å². The van der Waals surface area contributed by atoms with Crippen molar-refractivity contribution in [2.24, 2.45) is 0 Å². The lowest BCUT2D eigenvalue weighted by Crippen LogP contribution is -2.07. The van der Waals surface area contributed by atoms with Gasteiger partial charge in [0, 0.05) is 16.3 Å². The van der Waals surface area contributed by atoms with Gasteiger partial charge in [-0.15, -0.1) is 11.8 Å². The highest BCUT2D eigenvalue weighted by Gasteiger charge is 2.11. The molecule has 0 aliphatic heterocycles. The second kappa shape index (κ2) is 7.11. The van der Waals surface area contributed by atoms with Crippen molar-refractivity contribution in [1.29, 1.82) is 0 Å². The second-order valence-corrected chi connectivity index (χ2v) is 6.07. The van der Waals surface area contributed by atoms with E-state index in [0.29, 0.717) is 10.6 Å². The van der Waals surface area contributed by atoms with E-state index in [1.54, 1.807) is 24.3 Å². The fourth-order valence-electron chi connectivity index (χ4n) is 1.67. The molecule has 0 aliphatic carbocycles. The van der Waals surface area contributed by atoms with Crippen LogP contribution >= 0.6 is 35.0 Å². The Morgan fingerprint density at radius 1 is 1.15 bits per heavy atom. The average molecular weight is 329 g/mol. The zero-order chi connectivity index (χ0) is 14.5. The Balaban J connectivity index is 1.94. The molecule has 1 nitrogen and oxygen atoms in total. The Morgan fingerprint density at radius 3 is 2.65 bits per heavy atom. The van der Waals surface area contributed by atoms with Gasteiger partial charge >= 0.3 is 0 Å². The van der Waals surface area contributed by atoms with Crippen LogP contribution in [0.3, 0.4) is 0 Å². The van der Waals surface area contributed by atoms with Gasteiger partial charge in [0.2, 0.25) is 0 Å². The lowest BCUT2D eigenvalue weighted by atomic mass is 10.1. The van der Waals surface area contributed by atoms with E-state index in [2.05, 4.69) is 0 Å². The van der Waals surface area contributed by atoms with Crippen LogP contribution in [0.4, 0.5) is 4.39 Å². The minimum absolute atomic E-state index is 0.0396. The van der Waals surface area contributed by atoms with E-state index in [1.807, 2.05) is 12.1 Å². The van der Waals surface area contributed by atoms with Crippen LogP contribution in [-0.4, -0.2) is 11.5 Å². The van der Waals surface area contributed by atoms with Crippen LogP contribution < -0.4 is 0 Å². The Kier molecular flexibility index (Phi) is 5.46. The molecule has 0 fully saturated rings. The van der Waals surface area contributed by atoms with Gasteiger partial charge in [0.25, 0.3) is 0 Å². The first kappa shape index (κ1) is 15.4. The highest BCUT2D eigenvalue weighted by atomic mass is 35.5. The van der Waals surface area contributed by atoms with Crippen molar-refractivity contribution in [2.75, 3.05) is 5.75 Å². The standard InChI is InChI=1S/C15H11Cl2FOS/c16-11-4-2-5-13(8-11)20-9-12(19)7-10-3-1-6-14(17)15(10)18/h1-6,8H,7,9H2. The van der Waals surface area contributed by atoms with Gasteiger partial charge in [0.1, 0.15) is 11.6 Å². The summed E-state index contributed by atoms with van der Waals surface area (Å²) >= 11 is 12.9. The molecule has 2 aromatic rings. The summed E-state index contributed by atoms with van der Waals surface area (Å²) in [4.78, 5) is 12.8. The van der Waals surface area contributed by atoms with Crippen molar-refractivity contribution in [2.45, 2.75) is 11.3 Å². The fraction of sp³-hybridized carbons (Fsp3) is 0.133. The van der Waals surface area contributed by atoms with Crippen molar-refractivity contribution < 1.29 is 9.18 Å². The molecule has 0 heterocycles. The lowest BCUT2D eigenvalue weighted by molar-refractivity contribution is -0.116. The van der Waals surface area contributed by atoms with E-state index in [0.717, 1.165) is 4.90 Å². The number of benzene rings is 2. The molecular weight excluding hydrogens is 318 g/mol. The van der Waals surface area contributed by atoms with Crippen LogP contribution in [0.2, 0.25) is 10.0 Å². The topological polar surface area (TPSA) is 17.1 Å². The van der Waals surface area contributed by atoms with Crippen LogP contribution in [0.5, 0.6) is 0 Å². The van der Waals surface area contributed by atoms with Crippen molar-refractivity contribution in [3.05, 3.63) is 63.9 Å². The molecule has 0 N–H and O–H groups in total. The Hall–Kier alpha value is -1.03. The zero-order valence-electron chi connectivity index (χ0n) is 10.4. The SMILES string of the molecule is O=C(CSc1cccc(Cl)c1)Cc1cccc(Cl)c1F. The number of carbonyl (C=O) groups is 1. The van der Waals surface area contributed by atoms with E-state index in [9.17, 15) is 9.18 Å². The maximum absolute atomic E-state index is 13.7. The molecule has 0 amide bonds. The smallest absolute Gasteiger partial charge is 0.147 e. The summed E-state index contributed by atoms with van der Waals surface area (Å²) in [7, 11) is 0. The Morgan fingerprint density at radius 2 is 1.90 bits per heavy atom. The summed E-state index contributed by atoms with van der Waals surface area (Å²) in [6, 6.07) is 11.9. The van der Waals surface area contributed by atoms with E-state index < -0.39 is 5.82 Å². The summed E-state index contributed by atoms with van der Waals surface area (Å²) in [5.41, 5.74) is 0.328. The number of hydrogen-bond donors (Lipinski definition) is 0. The Labute approximate surface area is 131 Å². The third kappa shape index (κ3) is 4.23. The molecule has 0 spiro atoms. The van der Waals surface area contributed by atoms with Crippen LogP contribution in [0.1, 0.15) is 5.56 Å². The van der Waals surface area contributed by atoms with Gasteiger partial charge in [-0.1, -0.05) is 41.4 Å². The van der Waals surface area contributed by atoms with Crippen LogP contribution in [0, 0.1) is 5.82 Å². The van der Waals surface area contributed by atoms with Crippen molar-refractivity contribution in [3.63, 3.8) is 0 Å². The molecule has 2 aromatic carbocycles. The first-order valence-electron chi connectivity index (χ1n) is 5.89. The molecule has 0 radical (unpaired) electrons. The van der Waals surface area contributed by atoms with Gasteiger partial charge in [-0.05, 0) is 29.8 Å². The summed E-state index contributed by atoms with van der Waals surface area (Å²) in [5, 5.41) is 0.668. The third-order valence-corrected chi connectivity index (χ3v) is 4.20. The molecule has 0 aliphatic rings. The lowest BCUT2D eigenvalue weighted by Gasteiger charge is -2.04. The molecule has 20 heavy (non-hydrogen) atoms. The predicted octanol–water partition coefficient (Wildman–Crippen LogP) is 5.04. The van der Waals surface area contributed by atoms with Crippen LogP contribution in [0.25, 0.3) is 0 Å². The molecule has 0 saturated carbocycles. The molecule has 0 unspecified atom stereocenters. The number of halogens is 3. The molecule has 0 aromatic heterocycles. The number of hydrogen-bond acceptors (Lipinski definition) is 2. The largest absolute Gasteiger partial charge is 0.298 e. The van der Waals surface area contributed by atoms with Gasteiger partial charge in [-0.2, -0.15) is 0 Å². The number of carbonyl (C=O) groups excluding carboxylic acids is 1. The molecule has 104 valence electrons. The van der Waals surface area contributed by atoms with Crippen LogP contribution in [-0.2, 0) is 11.2 Å². The Bertz CT molecular complexity index is 631. The molecule has 0 saturated heterocycles. The van der Waals surface area contributed by atoms with Gasteiger partial charge in [-0.25, -0.2) is 4.39 Å². The van der Waals surface area contributed by atoms with Gasteiger partial charge < -0.3 is 0 Å².